The largest absolute Gasteiger partial charge is 0.300 e. The van der Waals surface area contributed by atoms with Crippen molar-refractivity contribution in [3.05, 3.63) is 34.3 Å². The van der Waals surface area contributed by atoms with Crippen LogP contribution in [-0.4, -0.2) is 5.78 Å². The average molecular weight is 257 g/mol. The van der Waals surface area contributed by atoms with Crippen LogP contribution in [0, 0.1) is 0 Å². The Balaban J connectivity index is 0.000000791. The van der Waals surface area contributed by atoms with Crippen molar-refractivity contribution in [3.63, 3.8) is 0 Å². The Labute approximate surface area is 94.7 Å². The van der Waals surface area contributed by atoms with Crippen LogP contribution in [0.25, 0.3) is 0 Å². The van der Waals surface area contributed by atoms with E-state index in [9.17, 15) is 4.79 Å². The van der Waals surface area contributed by atoms with Crippen molar-refractivity contribution in [2.45, 2.75) is 33.6 Å². The third kappa shape index (κ3) is 5.92. The molecule has 0 heterocycles. The Morgan fingerprint density at radius 1 is 1.21 bits per heavy atom. The zero-order valence-corrected chi connectivity index (χ0v) is 10.6. The number of hydrogen-bond donors (Lipinski definition) is 0. The molecule has 1 aromatic carbocycles. The summed E-state index contributed by atoms with van der Waals surface area (Å²) >= 11 is 3.36. The van der Waals surface area contributed by atoms with Gasteiger partial charge in [-0.05, 0) is 31.0 Å². The summed E-state index contributed by atoms with van der Waals surface area (Å²) in [7, 11) is 0. The predicted molar refractivity (Wildman–Crippen MR) is 64.5 cm³/mol. The van der Waals surface area contributed by atoms with Gasteiger partial charge in [-0.15, -0.1) is 0 Å². The summed E-state index contributed by atoms with van der Waals surface area (Å²) in [4.78, 5) is 10.7. The lowest BCUT2D eigenvalue weighted by Crippen LogP contribution is -1.93. The fourth-order valence-electron chi connectivity index (χ4n) is 0.971. The molecule has 14 heavy (non-hydrogen) atoms. The van der Waals surface area contributed by atoms with E-state index in [1.54, 1.807) is 6.92 Å². The first kappa shape index (κ1) is 13.4. The van der Waals surface area contributed by atoms with Gasteiger partial charge in [0, 0.05) is 10.9 Å². The Bertz CT molecular complexity index is 264. The Hall–Kier alpha value is -0.630. The molecule has 0 N–H and O–H groups in total. The number of hydrogen-bond acceptors (Lipinski definition) is 1. The van der Waals surface area contributed by atoms with E-state index in [4.69, 9.17) is 0 Å². The molecule has 0 aliphatic rings. The monoisotopic (exact) mass is 256 g/mol. The molecule has 0 atom stereocenters. The fraction of sp³-hybridized carbons (Fsp3) is 0.417. The van der Waals surface area contributed by atoms with Gasteiger partial charge < -0.3 is 4.79 Å². The van der Waals surface area contributed by atoms with Gasteiger partial charge in [-0.2, -0.15) is 0 Å². The molecule has 0 radical (unpaired) electrons. The van der Waals surface area contributed by atoms with Crippen LogP contribution < -0.4 is 0 Å². The first-order valence-electron chi connectivity index (χ1n) is 4.92. The summed E-state index contributed by atoms with van der Waals surface area (Å²) in [5, 5.41) is 0. The van der Waals surface area contributed by atoms with E-state index in [2.05, 4.69) is 15.9 Å². The highest BCUT2D eigenvalue weighted by Crippen LogP contribution is 2.11. The van der Waals surface area contributed by atoms with Crippen molar-refractivity contribution in [1.82, 2.24) is 0 Å². The lowest BCUT2D eigenvalue weighted by atomic mass is 10.1. The van der Waals surface area contributed by atoms with Crippen molar-refractivity contribution in [2.75, 3.05) is 0 Å². The first-order chi connectivity index (χ1) is 6.68. The lowest BCUT2D eigenvalue weighted by Gasteiger charge is -1.98. The zero-order valence-electron chi connectivity index (χ0n) is 9.01. The van der Waals surface area contributed by atoms with Crippen molar-refractivity contribution < 1.29 is 4.79 Å². The van der Waals surface area contributed by atoms with Gasteiger partial charge in [-0.3, -0.25) is 0 Å². The van der Waals surface area contributed by atoms with E-state index in [0.29, 0.717) is 6.42 Å². The molecule has 0 fully saturated rings. The number of carbonyl (C=O) groups excluding carboxylic acids is 1. The molecule has 1 aromatic rings. The van der Waals surface area contributed by atoms with Gasteiger partial charge in [0.05, 0.1) is 0 Å². The third-order valence-electron chi connectivity index (χ3n) is 1.68. The second-order valence-corrected chi connectivity index (χ2v) is 3.74. The van der Waals surface area contributed by atoms with Crippen LogP contribution >= 0.6 is 15.9 Å². The molecular formula is C12H17BrO. The number of carbonyl (C=O) groups is 1. The van der Waals surface area contributed by atoms with E-state index in [-0.39, 0.29) is 5.78 Å². The van der Waals surface area contributed by atoms with Crippen LogP contribution in [-0.2, 0) is 11.2 Å². The molecule has 0 amide bonds. The van der Waals surface area contributed by atoms with Crippen LogP contribution in [0.15, 0.2) is 28.7 Å². The molecule has 0 bridgehead atoms. The summed E-state index contributed by atoms with van der Waals surface area (Å²) in [5.74, 6) is 0.248. The quantitative estimate of drug-likeness (QED) is 0.799. The van der Waals surface area contributed by atoms with Crippen LogP contribution in [0.5, 0.6) is 0 Å². The van der Waals surface area contributed by atoms with Gasteiger partial charge in [-0.25, -0.2) is 0 Å². The van der Waals surface area contributed by atoms with E-state index >= 15 is 0 Å². The molecule has 0 aromatic heterocycles. The van der Waals surface area contributed by atoms with Gasteiger partial charge in [0.25, 0.3) is 0 Å². The molecule has 0 aliphatic carbocycles. The van der Waals surface area contributed by atoms with Gasteiger partial charge in [0.1, 0.15) is 5.78 Å². The second-order valence-electron chi connectivity index (χ2n) is 2.83. The standard InChI is InChI=1S/C10H11BrO.C2H6/c1-8(12)2-3-9-4-6-10(11)7-5-9;1-2/h4-7H,2-3H2,1H3;1-2H3. The van der Waals surface area contributed by atoms with E-state index < -0.39 is 0 Å². The van der Waals surface area contributed by atoms with Gasteiger partial charge in [0.2, 0.25) is 0 Å². The topological polar surface area (TPSA) is 17.1 Å². The van der Waals surface area contributed by atoms with Crippen LogP contribution in [0.3, 0.4) is 0 Å². The van der Waals surface area contributed by atoms with E-state index in [0.717, 1.165) is 10.9 Å². The number of halogens is 1. The van der Waals surface area contributed by atoms with Crippen molar-refractivity contribution >= 4 is 21.7 Å². The number of rotatable bonds is 3. The Morgan fingerprint density at radius 3 is 2.14 bits per heavy atom. The van der Waals surface area contributed by atoms with E-state index in [1.165, 1.54) is 5.56 Å². The Kier molecular flexibility index (Phi) is 7.40. The third-order valence-corrected chi connectivity index (χ3v) is 2.21. The van der Waals surface area contributed by atoms with Crippen LogP contribution in [0.1, 0.15) is 32.8 Å². The summed E-state index contributed by atoms with van der Waals surface area (Å²) in [6, 6.07) is 8.06. The van der Waals surface area contributed by atoms with Crippen LogP contribution in [0.2, 0.25) is 0 Å². The molecule has 78 valence electrons. The maximum absolute atomic E-state index is 10.7. The first-order valence-corrected chi connectivity index (χ1v) is 5.71. The Morgan fingerprint density at radius 2 is 1.71 bits per heavy atom. The molecular weight excluding hydrogens is 240 g/mol. The zero-order chi connectivity index (χ0) is 11.0. The summed E-state index contributed by atoms with van der Waals surface area (Å²) < 4.78 is 1.08. The second kappa shape index (κ2) is 7.74. The van der Waals surface area contributed by atoms with Gasteiger partial charge >= 0.3 is 0 Å². The predicted octanol–water partition coefficient (Wildman–Crippen LogP) is 4.00. The summed E-state index contributed by atoms with van der Waals surface area (Å²) in [6.07, 6.45) is 1.49. The number of Topliss-reactive ketones (excluding diaryl/α,β-unsaturated/α-hetero) is 1. The normalized spacial score (nSPS) is 8.86. The molecule has 0 saturated carbocycles. The minimum atomic E-state index is 0.248. The van der Waals surface area contributed by atoms with Crippen molar-refractivity contribution in [1.29, 1.82) is 0 Å². The van der Waals surface area contributed by atoms with Gasteiger partial charge in [0.15, 0.2) is 0 Å². The highest BCUT2D eigenvalue weighted by Gasteiger charge is 1.95. The molecule has 0 spiro atoms. The van der Waals surface area contributed by atoms with Gasteiger partial charge in [-0.1, -0.05) is 41.9 Å². The summed E-state index contributed by atoms with van der Waals surface area (Å²) in [6.45, 7) is 5.62. The molecule has 0 saturated heterocycles. The SMILES string of the molecule is CC.CC(=O)CCc1ccc(Br)cc1. The van der Waals surface area contributed by atoms with Crippen molar-refractivity contribution in [2.24, 2.45) is 0 Å². The fourth-order valence-corrected chi connectivity index (χ4v) is 1.24. The molecule has 0 unspecified atom stereocenters. The highest BCUT2D eigenvalue weighted by molar-refractivity contribution is 9.10. The lowest BCUT2D eigenvalue weighted by molar-refractivity contribution is -0.116. The maximum atomic E-state index is 10.7. The molecule has 1 rings (SSSR count). The van der Waals surface area contributed by atoms with Crippen molar-refractivity contribution in [3.8, 4) is 0 Å². The molecule has 0 aliphatic heterocycles. The number of benzene rings is 1. The number of aryl methyl sites for hydroxylation is 1. The van der Waals surface area contributed by atoms with Crippen LogP contribution in [0.4, 0.5) is 0 Å². The molecule has 2 heteroatoms. The smallest absolute Gasteiger partial charge is 0.130 e. The van der Waals surface area contributed by atoms with E-state index in [1.807, 2.05) is 38.1 Å². The number of ketones is 1. The minimum absolute atomic E-state index is 0.248. The molecule has 1 nitrogen and oxygen atoms in total. The summed E-state index contributed by atoms with van der Waals surface area (Å²) in [5.41, 5.74) is 1.22. The minimum Gasteiger partial charge on any atom is -0.300 e. The highest BCUT2D eigenvalue weighted by atomic mass is 79.9. The average Bonchev–Trinajstić information content (AvgIpc) is 2.20. The maximum Gasteiger partial charge on any atom is 0.130 e.